The summed E-state index contributed by atoms with van der Waals surface area (Å²) in [5, 5.41) is 18.6. The van der Waals surface area contributed by atoms with Gasteiger partial charge in [-0.1, -0.05) is 18.2 Å². The number of methoxy groups -OCH3 is 1. The SMILES string of the molecule is COC/C=C/c1nccc(N2CCN(c3cc(-c4ccccc4O)nnc3N)CCC2C)n1. The Morgan fingerprint density at radius 3 is 2.85 bits per heavy atom. The molecule has 3 aromatic rings. The number of anilines is 3. The molecule has 1 fully saturated rings. The Balaban J connectivity index is 1.55. The lowest BCUT2D eigenvalue weighted by Gasteiger charge is -2.28. The van der Waals surface area contributed by atoms with Crippen molar-refractivity contribution in [2.75, 3.05) is 48.9 Å². The van der Waals surface area contributed by atoms with E-state index in [-0.39, 0.29) is 11.8 Å². The second-order valence-corrected chi connectivity index (χ2v) is 7.97. The molecule has 0 aliphatic carbocycles. The van der Waals surface area contributed by atoms with Crippen molar-refractivity contribution < 1.29 is 9.84 Å². The maximum Gasteiger partial charge on any atom is 0.169 e. The monoisotopic (exact) mass is 447 g/mol. The van der Waals surface area contributed by atoms with Gasteiger partial charge in [-0.25, -0.2) is 9.97 Å². The van der Waals surface area contributed by atoms with Crippen LogP contribution in [0.1, 0.15) is 19.2 Å². The number of aromatic hydroxyl groups is 1. The van der Waals surface area contributed by atoms with Crippen LogP contribution in [0.25, 0.3) is 17.3 Å². The molecule has 1 unspecified atom stereocenters. The number of nitrogens with zero attached hydrogens (tertiary/aromatic N) is 6. The first-order valence-electron chi connectivity index (χ1n) is 11.0. The Bertz CT molecular complexity index is 1120. The van der Waals surface area contributed by atoms with E-state index in [0.717, 1.165) is 37.6 Å². The Morgan fingerprint density at radius 1 is 1.18 bits per heavy atom. The number of para-hydroxylation sites is 1. The van der Waals surface area contributed by atoms with Crippen molar-refractivity contribution in [3.8, 4) is 17.0 Å². The van der Waals surface area contributed by atoms with Crippen molar-refractivity contribution in [3.63, 3.8) is 0 Å². The van der Waals surface area contributed by atoms with Crippen LogP contribution in [-0.2, 0) is 4.74 Å². The van der Waals surface area contributed by atoms with Gasteiger partial charge >= 0.3 is 0 Å². The third kappa shape index (κ3) is 5.20. The molecule has 1 aliphatic heterocycles. The molecule has 4 rings (SSSR count). The third-order valence-electron chi connectivity index (χ3n) is 5.77. The van der Waals surface area contributed by atoms with E-state index in [9.17, 15) is 5.11 Å². The minimum Gasteiger partial charge on any atom is -0.507 e. The summed E-state index contributed by atoms with van der Waals surface area (Å²) in [6.45, 7) is 5.06. The smallest absolute Gasteiger partial charge is 0.169 e. The van der Waals surface area contributed by atoms with Crippen LogP contribution >= 0.6 is 0 Å². The van der Waals surface area contributed by atoms with E-state index in [4.69, 9.17) is 15.5 Å². The van der Waals surface area contributed by atoms with Crippen LogP contribution in [0.2, 0.25) is 0 Å². The van der Waals surface area contributed by atoms with Crippen LogP contribution in [0, 0.1) is 0 Å². The number of rotatable bonds is 6. The zero-order valence-electron chi connectivity index (χ0n) is 18.9. The van der Waals surface area contributed by atoms with Crippen LogP contribution in [0.15, 0.2) is 48.7 Å². The highest BCUT2D eigenvalue weighted by molar-refractivity contribution is 5.74. The number of hydrogen-bond acceptors (Lipinski definition) is 9. The van der Waals surface area contributed by atoms with Crippen molar-refractivity contribution in [1.29, 1.82) is 0 Å². The highest BCUT2D eigenvalue weighted by Gasteiger charge is 2.24. The van der Waals surface area contributed by atoms with Crippen molar-refractivity contribution in [3.05, 3.63) is 54.5 Å². The summed E-state index contributed by atoms with van der Waals surface area (Å²) in [5.74, 6) is 2.10. The molecule has 3 N–H and O–H groups in total. The van der Waals surface area contributed by atoms with E-state index >= 15 is 0 Å². The number of ether oxygens (including phenoxy) is 1. The Kier molecular flexibility index (Phi) is 6.99. The van der Waals surface area contributed by atoms with Crippen LogP contribution in [0.5, 0.6) is 5.75 Å². The number of nitrogens with two attached hydrogens (primary N) is 1. The van der Waals surface area contributed by atoms with Gasteiger partial charge in [0, 0.05) is 44.5 Å². The summed E-state index contributed by atoms with van der Waals surface area (Å²) in [7, 11) is 1.66. The van der Waals surface area contributed by atoms with Gasteiger partial charge in [0.05, 0.1) is 18.0 Å². The molecule has 0 radical (unpaired) electrons. The maximum absolute atomic E-state index is 10.2. The summed E-state index contributed by atoms with van der Waals surface area (Å²) in [6, 6.07) is 11.2. The van der Waals surface area contributed by atoms with Gasteiger partial charge in [0.15, 0.2) is 11.6 Å². The van der Waals surface area contributed by atoms with Gasteiger partial charge in [-0.05, 0) is 43.7 Å². The fourth-order valence-electron chi connectivity index (χ4n) is 3.96. The molecule has 172 valence electrons. The standard InChI is InChI=1S/C24H29N7O2/c1-17-10-12-30(13-14-31(17)23-9-11-26-22(27-23)8-5-15-33-2)20-16-19(28-29-24(20)25)18-6-3-4-7-21(18)32/h3-9,11,16-17,32H,10,12-15H2,1-2H3,(H2,25,29)/b8-5+. The highest BCUT2D eigenvalue weighted by atomic mass is 16.5. The first-order valence-corrected chi connectivity index (χ1v) is 11.0. The lowest BCUT2D eigenvalue weighted by Crippen LogP contribution is -2.35. The van der Waals surface area contributed by atoms with Gasteiger partial charge < -0.3 is 25.4 Å². The molecule has 1 aliphatic rings. The molecular formula is C24H29N7O2. The van der Waals surface area contributed by atoms with Gasteiger partial charge in [-0.15, -0.1) is 10.2 Å². The van der Waals surface area contributed by atoms with E-state index in [0.29, 0.717) is 29.5 Å². The molecule has 0 bridgehead atoms. The summed E-state index contributed by atoms with van der Waals surface area (Å²) in [6.07, 6.45) is 6.47. The van der Waals surface area contributed by atoms with Crippen molar-refractivity contribution in [2.24, 2.45) is 0 Å². The average Bonchev–Trinajstić information content (AvgIpc) is 3.02. The fraction of sp³-hybridized carbons (Fsp3) is 0.333. The largest absolute Gasteiger partial charge is 0.507 e. The minimum atomic E-state index is 0.164. The Labute approximate surface area is 193 Å². The van der Waals surface area contributed by atoms with Crippen LogP contribution in [0.4, 0.5) is 17.3 Å². The highest BCUT2D eigenvalue weighted by Crippen LogP contribution is 2.32. The quantitative estimate of drug-likeness (QED) is 0.588. The van der Waals surface area contributed by atoms with Crippen molar-refractivity contribution >= 4 is 23.4 Å². The molecule has 3 heterocycles. The predicted octanol–water partition coefficient (Wildman–Crippen LogP) is 2.99. The fourth-order valence-corrected chi connectivity index (χ4v) is 3.96. The summed E-state index contributed by atoms with van der Waals surface area (Å²) < 4.78 is 5.06. The van der Waals surface area contributed by atoms with Crippen molar-refractivity contribution in [2.45, 2.75) is 19.4 Å². The molecule has 0 amide bonds. The third-order valence-corrected chi connectivity index (χ3v) is 5.77. The van der Waals surface area contributed by atoms with Crippen molar-refractivity contribution in [1.82, 2.24) is 20.2 Å². The number of nitrogen functional groups attached to an aromatic ring is 1. The summed E-state index contributed by atoms with van der Waals surface area (Å²) in [4.78, 5) is 13.6. The molecule has 0 saturated carbocycles. The molecule has 33 heavy (non-hydrogen) atoms. The molecule has 9 heteroatoms. The molecule has 1 aromatic carbocycles. The van der Waals surface area contributed by atoms with Crippen LogP contribution in [0.3, 0.4) is 0 Å². The maximum atomic E-state index is 10.2. The first kappa shape index (κ1) is 22.5. The number of phenols is 1. The molecule has 1 atom stereocenters. The molecule has 0 spiro atoms. The van der Waals surface area contributed by atoms with Gasteiger partial charge in [-0.2, -0.15) is 0 Å². The zero-order valence-corrected chi connectivity index (χ0v) is 18.9. The van der Waals surface area contributed by atoms with E-state index in [1.807, 2.05) is 36.4 Å². The number of hydrogen-bond donors (Lipinski definition) is 2. The van der Waals surface area contributed by atoms with Gasteiger partial charge in [-0.3, -0.25) is 0 Å². The Morgan fingerprint density at radius 2 is 2.03 bits per heavy atom. The van der Waals surface area contributed by atoms with Crippen LogP contribution in [-0.4, -0.2) is 64.7 Å². The van der Waals surface area contributed by atoms with Gasteiger partial charge in [0.1, 0.15) is 11.6 Å². The molecular weight excluding hydrogens is 418 g/mol. The second-order valence-electron chi connectivity index (χ2n) is 7.97. The number of benzene rings is 1. The zero-order chi connectivity index (χ0) is 23.2. The predicted molar refractivity (Wildman–Crippen MR) is 130 cm³/mol. The van der Waals surface area contributed by atoms with E-state index in [2.05, 4.69) is 31.9 Å². The molecule has 1 saturated heterocycles. The summed E-state index contributed by atoms with van der Waals surface area (Å²) >= 11 is 0. The lowest BCUT2D eigenvalue weighted by molar-refractivity contribution is 0.234. The lowest BCUT2D eigenvalue weighted by atomic mass is 10.1. The van der Waals surface area contributed by atoms with Gasteiger partial charge in [0.2, 0.25) is 0 Å². The normalized spacial score (nSPS) is 16.8. The molecule has 2 aromatic heterocycles. The second kappa shape index (κ2) is 10.3. The van der Waals surface area contributed by atoms with Crippen LogP contribution < -0.4 is 15.5 Å². The van der Waals surface area contributed by atoms with E-state index in [1.165, 1.54) is 0 Å². The number of aromatic nitrogens is 4. The molecule has 9 nitrogen and oxygen atoms in total. The topological polar surface area (TPSA) is 114 Å². The first-order chi connectivity index (χ1) is 16.1. The van der Waals surface area contributed by atoms with E-state index in [1.54, 1.807) is 25.4 Å². The van der Waals surface area contributed by atoms with E-state index < -0.39 is 0 Å². The summed E-state index contributed by atoms with van der Waals surface area (Å²) in [5.41, 5.74) is 8.26. The van der Waals surface area contributed by atoms with Gasteiger partial charge in [0.25, 0.3) is 0 Å². The number of phenolic OH excluding ortho intramolecular Hbond substituents is 1. The average molecular weight is 448 g/mol. The Hall–Kier alpha value is -3.72. The minimum absolute atomic E-state index is 0.164.